The van der Waals surface area contributed by atoms with E-state index in [1.165, 1.54) is 11.8 Å². The predicted molar refractivity (Wildman–Crippen MR) is 56.0 cm³/mol. The lowest BCUT2D eigenvalue weighted by Gasteiger charge is -2.00. The molecule has 0 unspecified atom stereocenters. The molecule has 2 heterocycles. The first-order chi connectivity index (χ1) is 7.38. The predicted octanol–water partition coefficient (Wildman–Crippen LogP) is 0.703. The molecule has 0 atom stereocenters. The van der Waals surface area contributed by atoms with E-state index in [0.717, 1.165) is 5.03 Å². The number of aromatic nitrogens is 4. The van der Waals surface area contributed by atoms with Crippen LogP contribution in [0.15, 0.2) is 40.9 Å². The number of rotatable bonds is 3. The van der Waals surface area contributed by atoms with Gasteiger partial charge in [-0.05, 0) is 23.9 Å². The van der Waals surface area contributed by atoms with E-state index < -0.39 is 0 Å². The van der Waals surface area contributed by atoms with Crippen molar-refractivity contribution >= 4 is 17.7 Å². The number of nitrogens with two attached hydrogens (primary N) is 1. The summed E-state index contributed by atoms with van der Waals surface area (Å²) >= 11 is 1.35. The quantitative estimate of drug-likeness (QED) is 0.340. The minimum absolute atomic E-state index is 0.371. The summed E-state index contributed by atoms with van der Waals surface area (Å²) in [7, 11) is 0. The van der Waals surface area contributed by atoms with E-state index in [0.29, 0.717) is 11.1 Å². The van der Waals surface area contributed by atoms with Crippen LogP contribution < -0.4 is 11.3 Å². The summed E-state index contributed by atoms with van der Waals surface area (Å²) in [4.78, 5) is 16.2. The van der Waals surface area contributed by atoms with Gasteiger partial charge in [-0.2, -0.15) is 0 Å². The molecule has 6 nitrogen and oxygen atoms in total. The Morgan fingerprint density at radius 1 is 1.13 bits per heavy atom. The molecule has 0 saturated carbocycles. The first kappa shape index (κ1) is 9.81. The van der Waals surface area contributed by atoms with Crippen LogP contribution in [0.3, 0.4) is 0 Å². The van der Waals surface area contributed by atoms with E-state index in [-0.39, 0.29) is 0 Å². The van der Waals surface area contributed by atoms with Crippen LogP contribution in [0.5, 0.6) is 0 Å². The molecule has 0 aliphatic carbocycles. The zero-order valence-electron chi connectivity index (χ0n) is 7.66. The second-order valence-corrected chi connectivity index (χ2v) is 3.48. The summed E-state index contributed by atoms with van der Waals surface area (Å²) in [5.41, 5.74) is 2.38. The van der Waals surface area contributed by atoms with Gasteiger partial charge >= 0.3 is 0 Å². The number of anilines is 1. The van der Waals surface area contributed by atoms with Gasteiger partial charge in [0.2, 0.25) is 5.95 Å². The van der Waals surface area contributed by atoms with Crippen molar-refractivity contribution in [2.45, 2.75) is 10.2 Å². The highest BCUT2D eigenvalue weighted by atomic mass is 32.2. The molecule has 0 fully saturated rings. The normalized spacial score (nSPS) is 9.93. The molecule has 0 aliphatic rings. The Morgan fingerprint density at radius 3 is 2.67 bits per heavy atom. The molecule has 2 aromatic rings. The molecule has 0 spiro atoms. The van der Waals surface area contributed by atoms with Crippen LogP contribution in [0, 0.1) is 0 Å². The maximum absolute atomic E-state index is 5.20. The Balaban J connectivity index is 2.17. The van der Waals surface area contributed by atoms with Crippen molar-refractivity contribution < 1.29 is 0 Å². The van der Waals surface area contributed by atoms with Crippen molar-refractivity contribution in [3.05, 3.63) is 30.7 Å². The summed E-state index contributed by atoms with van der Waals surface area (Å²) in [6.45, 7) is 0. The largest absolute Gasteiger partial charge is 0.292 e. The summed E-state index contributed by atoms with van der Waals surface area (Å²) in [5.74, 6) is 5.57. The number of hydrogen-bond donors (Lipinski definition) is 2. The van der Waals surface area contributed by atoms with Crippen LogP contribution in [0.1, 0.15) is 0 Å². The number of hydrazine groups is 1. The first-order valence-electron chi connectivity index (χ1n) is 4.13. The second-order valence-electron chi connectivity index (χ2n) is 2.50. The highest BCUT2D eigenvalue weighted by Gasteiger charge is 2.01. The molecule has 0 amide bonds. The molecule has 0 aromatic carbocycles. The molecular weight excluding hydrogens is 212 g/mol. The summed E-state index contributed by atoms with van der Waals surface area (Å²) in [5, 5.41) is 1.38. The van der Waals surface area contributed by atoms with Gasteiger partial charge in [0.15, 0.2) is 5.16 Å². The number of nitrogen functional groups attached to an aromatic ring is 1. The van der Waals surface area contributed by atoms with Crippen molar-refractivity contribution in [1.82, 2.24) is 19.9 Å². The molecule has 0 bridgehead atoms. The van der Waals surface area contributed by atoms with Gasteiger partial charge < -0.3 is 0 Å². The monoisotopic (exact) mass is 220 g/mol. The van der Waals surface area contributed by atoms with Crippen LogP contribution in [0.2, 0.25) is 0 Å². The molecule has 0 aliphatic heterocycles. The Kier molecular flexibility index (Phi) is 3.05. The topological polar surface area (TPSA) is 89.6 Å². The molecule has 2 aromatic heterocycles. The molecule has 7 heteroatoms. The number of nitrogens with zero attached hydrogens (tertiary/aromatic N) is 4. The minimum atomic E-state index is 0.371. The van der Waals surface area contributed by atoms with Crippen molar-refractivity contribution in [3.63, 3.8) is 0 Å². The van der Waals surface area contributed by atoms with Crippen molar-refractivity contribution in [3.8, 4) is 0 Å². The van der Waals surface area contributed by atoms with E-state index in [1.807, 2.05) is 0 Å². The zero-order valence-corrected chi connectivity index (χ0v) is 8.48. The smallest absolute Gasteiger partial charge is 0.238 e. The van der Waals surface area contributed by atoms with Crippen LogP contribution >= 0.6 is 11.8 Å². The van der Waals surface area contributed by atoms with Gasteiger partial charge in [-0.25, -0.2) is 25.8 Å². The van der Waals surface area contributed by atoms with Gasteiger partial charge in [0, 0.05) is 18.6 Å². The SMILES string of the molecule is NNc1nccc(Sc2ncccn2)n1. The Morgan fingerprint density at radius 2 is 1.93 bits per heavy atom. The van der Waals surface area contributed by atoms with Gasteiger partial charge in [0.05, 0.1) is 0 Å². The fourth-order valence-corrected chi connectivity index (χ4v) is 1.58. The van der Waals surface area contributed by atoms with Crippen molar-refractivity contribution in [2.24, 2.45) is 5.84 Å². The summed E-state index contributed by atoms with van der Waals surface area (Å²) < 4.78 is 0. The standard InChI is InChI=1S/C8H8N6S/c9-14-7-10-5-2-6(13-7)15-8-11-3-1-4-12-8/h1-5H,9H2,(H,10,13,14). The highest BCUT2D eigenvalue weighted by molar-refractivity contribution is 7.99. The fourth-order valence-electron chi connectivity index (χ4n) is 0.900. The Labute approximate surface area is 90.4 Å². The third kappa shape index (κ3) is 2.61. The van der Waals surface area contributed by atoms with E-state index in [1.54, 1.807) is 30.7 Å². The molecule has 2 rings (SSSR count). The fraction of sp³-hybridized carbons (Fsp3) is 0. The molecule has 15 heavy (non-hydrogen) atoms. The van der Waals surface area contributed by atoms with Gasteiger partial charge in [-0.1, -0.05) is 0 Å². The molecule has 76 valence electrons. The van der Waals surface area contributed by atoms with Gasteiger partial charge in [0.1, 0.15) is 5.03 Å². The van der Waals surface area contributed by atoms with E-state index in [2.05, 4.69) is 25.4 Å². The minimum Gasteiger partial charge on any atom is -0.292 e. The van der Waals surface area contributed by atoms with Crippen LogP contribution in [0.4, 0.5) is 5.95 Å². The highest BCUT2D eigenvalue weighted by Crippen LogP contribution is 2.21. The van der Waals surface area contributed by atoms with Gasteiger partial charge in [-0.15, -0.1) is 0 Å². The summed E-state index contributed by atoms with van der Waals surface area (Å²) in [6.07, 6.45) is 4.98. The Bertz CT molecular complexity index is 434. The van der Waals surface area contributed by atoms with E-state index >= 15 is 0 Å². The third-order valence-corrected chi connectivity index (χ3v) is 2.33. The first-order valence-corrected chi connectivity index (χ1v) is 4.94. The van der Waals surface area contributed by atoms with Gasteiger partial charge in [0.25, 0.3) is 0 Å². The van der Waals surface area contributed by atoms with Crippen molar-refractivity contribution in [1.29, 1.82) is 0 Å². The molecule has 0 radical (unpaired) electrons. The lowest BCUT2D eigenvalue weighted by molar-refractivity contribution is 0.954. The van der Waals surface area contributed by atoms with Gasteiger partial charge in [-0.3, -0.25) is 5.43 Å². The Hall–Kier alpha value is -1.73. The lowest BCUT2D eigenvalue weighted by atomic mass is 10.7. The van der Waals surface area contributed by atoms with Crippen LogP contribution in [-0.4, -0.2) is 19.9 Å². The number of hydrogen-bond acceptors (Lipinski definition) is 7. The van der Waals surface area contributed by atoms with E-state index in [4.69, 9.17) is 5.84 Å². The molecule has 0 saturated heterocycles. The third-order valence-electron chi connectivity index (χ3n) is 1.50. The summed E-state index contributed by atoms with van der Waals surface area (Å²) in [6, 6.07) is 3.53. The second kappa shape index (κ2) is 4.67. The lowest BCUT2D eigenvalue weighted by Crippen LogP contribution is -2.10. The average Bonchev–Trinajstić information content (AvgIpc) is 2.31. The average molecular weight is 220 g/mol. The maximum atomic E-state index is 5.20. The zero-order chi connectivity index (χ0) is 10.5. The molecular formula is C8H8N6S. The van der Waals surface area contributed by atoms with E-state index in [9.17, 15) is 0 Å². The van der Waals surface area contributed by atoms with Crippen LogP contribution in [0.25, 0.3) is 0 Å². The van der Waals surface area contributed by atoms with Crippen LogP contribution in [-0.2, 0) is 0 Å². The maximum Gasteiger partial charge on any atom is 0.238 e. The van der Waals surface area contributed by atoms with Crippen molar-refractivity contribution in [2.75, 3.05) is 5.43 Å². The molecule has 3 N–H and O–H groups in total. The number of nitrogens with one attached hydrogen (secondary N) is 1.